The molecule has 0 aliphatic carbocycles. The normalized spacial score (nSPS) is 11.7. The van der Waals surface area contributed by atoms with Crippen LogP contribution in [0.5, 0.6) is 0 Å². The highest BCUT2D eigenvalue weighted by Gasteiger charge is 2.22. The molecular weight excluding hydrogens is 769 g/mol. The second kappa shape index (κ2) is 14.7. The number of furan rings is 1. The molecule has 0 saturated heterocycles. The highest BCUT2D eigenvalue weighted by molar-refractivity contribution is 6.16. The standard InChI is InChI=1S/C56H34N4O.C2H6/c1-2-15-35(16-3-1)53-46-22-4-8-27-48(46)57-56(58-53)60-51-32-31-38(59-49-28-9-5-19-41(49)42-20-6-10-29-50(42)59)34-47(51)44-25-13-23-39(54(44)60)36-17-12-18-37(33-36)40-24-14-26-45-43-21-7-11-30-52(43)61-55(40)45;1-2/h1-34H;1-2H3. The van der Waals surface area contributed by atoms with Crippen LogP contribution in [0.25, 0.3) is 122 Å². The van der Waals surface area contributed by atoms with Gasteiger partial charge in [0.1, 0.15) is 11.2 Å². The molecule has 0 amide bonds. The summed E-state index contributed by atoms with van der Waals surface area (Å²) in [7, 11) is 0. The van der Waals surface area contributed by atoms with Gasteiger partial charge in [-0.05, 0) is 59.7 Å². The van der Waals surface area contributed by atoms with Crippen LogP contribution in [-0.2, 0) is 0 Å². The van der Waals surface area contributed by atoms with Gasteiger partial charge in [-0.25, -0.2) is 9.97 Å². The molecule has 5 nitrogen and oxygen atoms in total. The fourth-order valence-corrected chi connectivity index (χ4v) is 9.65. The van der Waals surface area contributed by atoms with Crippen LogP contribution >= 0.6 is 0 Å². The summed E-state index contributed by atoms with van der Waals surface area (Å²) in [6.45, 7) is 4.00. The van der Waals surface area contributed by atoms with Gasteiger partial charge in [0.25, 0.3) is 0 Å². The fourth-order valence-electron chi connectivity index (χ4n) is 9.65. The summed E-state index contributed by atoms with van der Waals surface area (Å²) in [6.07, 6.45) is 0. The maximum atomic E-state index is 6.53. The molecule has 5 heteroatoms. The predicted octanol–water partition coefficient (Wildman–Crippen LogP) is 15.8. The molecule has 0 aliphatic heterocycles. The third kappa shape index (κ3) is 5.70. The largest absolute Gasteiger partial charge is 0.455 e. The van der Waals surface area contributed by atoms with Crippen molar-refractivity contribution in [3.8, 4) is 45.1 Å². The summed E-state index contributed by atoms with van der Waals surface area (Å²) in [6, 6.07) is 73.1. The molecule has 0 atom stereocenters. The first-order valence-corrected chi connectivity index (χ1v) is 21.7. The zero-order valence-electron chi connectivity index (χ0n) is 34.8. The van der Waals surface area contributed by atoms with Crippen molar-refractivity contribution < 1.29 is 4.42 Å². The molecule has 0 spiro atoms. The maximum Gasteiger partial charge on any atom is 0.235 e. The highest BCUT2D eigenvalue weighted by atomic mass is 16.3. The van der Waals surface area contributed by atoms with Crippen molar-refractivity contribution in [3.63, 3.8) is 0 Å². The second-order valence-electron chi connectivity index (χ2n) is 15.7. The van der Waals surface area contributed by atoms with Crippen molar-refractivity contribution >= 4 is 76.5 Å². The van der Waals surface area contributed by atoms with E-state index >= 15 is 0 Å². The number of para-hydroxylation sites is 6. The molecule has 4 heterocycles. The number of fused-ring (bicyclic) bond motifs is 10. The van der Waals surface area contributed by atoms with E-state index in [9.17, 15) is 0 Å². The number of benzene rings is 9. The van der Waals surface area contributed by atoms with E-state index in [-0.39, 0.29) is 0 Å². The third-order valence-corrected chi connectivity index (χ3v) is 12.3. The summed E-state index contributed by atoms with van der Waals surface area (Å²) >= 11 is 0. The van der Waals surface area contributed by atoms with Crippen LogP contribution in [0.15, 0.2) is 211 Å². The van der Waals surface area contributed by atoms with E-state index in [2.05, 4.69) is 197 Å². The van der Waals surface area contributed by atoms with Crippen molar-refractivity contribution in [2.24, 2.45) is 0 Å². The van der Waals surface area contributed by atoms with Gasteiger partial charge < -0.3 is 8.98 Å². The summed E-state index contributed by atoms with van der Waals surface area (Å²) in [5.41, 5.74) is 14.5. The zero-order chi connectivity index (χ0) is 42.0. The molecule has 63 heavy (non-hydrogen) atoms. The zero-order valence-corrected chi connectivity index (χ0v) is 34.8. The lowest BCUT2D eigenvalue weighted by Gasteiger charge is -2.14. The maximum absolute atomic E-state index is 6.53. The molecule has 13 rings (SSSR count). The van der Waals surface area contributed by atoms with E-state index in [1.165, 1.54) is 21.8 Å². The topological polar surface area (TPSA) is 48.8 Å². The molecule has 0 unspecified atom stereocenters. The van der Waals surface area contributed by atoms with Crippen molar-refractivity contribution in [3.05, 3.63) is 206 Å². The van der Waals surface area contributed by atoms with Crippen molar-refractivity contribution in [1.29, 1.82) is 0 Å². The molecule has 0 fully saturated rings. The molecule has 0 saturated carbocycles. The van der Waals surface area contributed by atoms with E-state index in [1.54, 1.807) is 0 Å². The Balaban J connectivity index is 0.00000208. The Morgan fingerprint density at radius 2 is 0.952 bits per heavy atom. The molecule has 4 aromatic heterocycles. The summed E-state index contributed by atoms with van der Waals surface area (Å²) in [5, 5.41) is 7.96. The minimum Gasteiger partial charge on any atom is -0.455 e. The lowest BCUT2D eigenvalue weighted by molar-refractivity contribution is 0.670. The van der Waals surface area contributed by atoms with Crippen LogP contribution in [0.4, 0.5) is 0 Å². The number of rotatable bonds is 5. The van der Waals surface area contributed by atoms with E-state index in [4.69, 9.17) is 14.4 Å². The van der Waals surface area contributed by atoms with Crippen LogP contribution in [-0.4, -0.2) is 19.1 Å². The van der Waals surface area contributed by atoms with Gasteiger partial charge in [-0.1, -0.05) is 172 Å². The van der Waals surface area contributed by atoms with Crippen molar-refractivity contribution in [1.82, 2.24) is 19.1 Å². The Hall–Kier alpha value is -8.28. The summed E-state index contributed by atoms with van der Waals surface area (Å²) in [4.78, 5) is 10.8. The number of hydrogen-bond acceptors (Lipinski definition) is 3. The molecule has 0 aliphatic rings. The average Bonchev–Trinajstić information content (AvgIpc) is 4.02. The van der Waals surface area contributed by atoms with Gasteiger partial charge in [-0.3, -0.25) is 4.57 Å². The Bertz CT molecular complexity index is 3840. The van der Waals surface area contributed by atoms with Gasteiger partial charge in [0.05, 0.1) is 33.3 Å². The average molecular weight is 809 g/mol. The molecular formula is C58H40N4O. The molecule has 0 bridgehead atoms. The predicted molar refractivity (Wildman–Crippen MR) is 263 cm³/mol. The van der Waals surface area contributed by atoms with Crippen LogP contribution in [0.1, 0.15) is 13.8 Å². The van der Waals surface area contributed by atoms with Crippen LogP contribution in [0.3, 0.4) is 0 Å². The monoisotopic (exact) mass is 808 g/mol. The first kappa shape index (κ1) is 36.6. The van der Waals surface area contributed by atoms with E-state index in [1.807, 2.05) is 32.0 Å². The first-order chi connectivity index (χ1) is 31.3. The summed E-state index contributed by atoms with van der Waals surface area (Å²) in [5.74, 6) is 0.623. The van der Waals surface area contributed by atoms with Gasteiger partial charge in [-0.2, -0.15) is 0 Å². The number of nitrogens with zero attached hydrogens (tertiary/aromatic N) is 4. The highest BCUT2D eigenvalue weighted by Crippen LogP contribution is 2.42. The summed E-state index contributed by atoms with van der Waals surface area (Å²) < 4.78 is 11.2. The van der Waals surface area contributed by atoms with Crippen LogP contribution in [0, 0.1) is 0 Å². The first-order valence-electron chi connectivity index (χ1n) is 21.7. The van der Waals surface area contributed by atoms with E-state index in [0.29, 0.717) is 5.95 Å². The van der Waals surface area contributed by atoms with Gasteiger partial charge >= 0.3 is 0 Å². The Morgan fingerprint density at radius 1 is 0.381 bits per heavy atom. The number of aromatic nitrogens is 4. The van der Waals surface area contributed by atoms with Gasteiger partial charge in [0.2, 0.25) is 5.95 Å². The molecule has 9 aromatic carbocycles. The Kier molecular flexibility index (Phi) is 8.54. The molecule has 0 N–H and O–H groups in total. The number of hydrogen-bond donors (Lipinski definition) is 0. The minimum atomic E-state index is 0.623. The molecule has 0 radical (unpaired) electrons. The third-order valence-electron chi connectivity index (χ3n) is 12.3. The smallest absolute Gasteiger partial charge is 0.235 e. The van der Waals surface area contributed by atoms with Gasteiger partial charge in [0, 0.05) is 60.1 Å². The Morgan fingerprint density at radius 3 is 1.73 bits per heavy atom. The second-order valence-corrected chi connectivity index (χ2v) is 15.7. The fraction of sp³-hybridized carbons (Fsp3) is 0.0345. The van der Waals surface area contributed by atoms with Gasteiger partial charge in [-0.15, -0.1) is 0 Å². The van der Waals surface area contributed by atoms with Crippen molar-refractivity contribution in [2.75, 3.05) is 0 Å². The Labute approximate surface area is 363 Å². The lowest BCUT2D eigenvalue weighted by atomic mass is 9.96. The quantitative estimate of drug-likeness (QED) is 0.174. The lowest BCUT2D eigenvalue weighted by Crippen LogP contribution is -2.04. The molecule has 298 valence electrons. The van der Waals surface area contributed by atoms with Crippen molar-refractivity contribution in [2.45, 2.75) is 13.8 Å². The van der Waals surface area contributed by atoms with Crippen LogP contribution < -0.4 is 0 Å². The minimum absolute atomic E-state index is 0.623. The van der Waals surface area contributed by atoms with Crippen LogP contribution in [0.2, 0.25) is 0 Å². The molecule has 13 aromatic rings. The van der Waals surface area contributed by atoms with Gasteiger partial charge in [0.15, 0.2) is 0 Å². The van der Waals surface area contributed by atoms with E-state index < -0.39 is 0 Å². The SMILES string of the molecule is CC.c1ccc(-c2nc(-n3c4ccc(-n5c6ccccc6c6ccccc65)cc4c4cccc(-c5cccc(-c6cccc7c6oc6ccccc67)c5)c43)nc3ccccc23)cc1. The van der Waals surface area contributed by atoms with E-state index in [0.717, 1.165) is 93.8 Å².